The van der Waals surface area contributed by atoms with Gasteiger partial charge >= 0.3 is 0 Å². The Kier molecular flexibility index (Phi) is 7.37. The fourth-order valence-corrected chi connectivity index (χ4v) is 3.76. The number of hydrogen-bond donors (Lipinski definition) is 1. The summed E-state index contributed by atoms with van der Waals surface area (Å²) in [5, 5.41) is 2.80. The third-order valence-corrected chi connectivity index (χ3v) is 6.01. The third-order valence-electron chi connectivity index (χ3n) is 4.14. The minimum Gasteiger partial charge on any atom is -0.379 e. The maximum atomic E-state index is 12.5. The molecular weight excluding hydrogens is 342 g/mol. The lowest BCUT2D eigenvalue weighted by Gasteiger charge is -2.25. The molecular formula is C17H27N3O4S. The first-order chi connectivity index (χ1) is 11.9. The zero-order valence-electron chi connectivity index (χ0n) is 14.9. The highest BCUT2D eigenvalue weighted by molar-refractivity contribution is 7.89. The van der Waals surface area contributed by atoms with E-state index >= 15 is 0 Å². The van der Waals surface area contributed by atoms with E-state index in [2.05, 4.69) is 5.32 Å². The lowest BCUT2D eigenvalue weighted by atomic mass is 10.3. The Hall–Kier alpha value is -1.48. The minimum absolute atomic E-state index is 0.113. The molecule has 0 saturated carbocycles. The number of benzene rings is 1. The van der Waals surface area contributed by atoms with E-state index in [1.807, 2.05) is 11.8 Å². The molecule has 0 spiro atoms. The van der Waals surface area contributed by atoms with Crippen LogP contribution in [0.5, 0.6) is 0 Å². The summed E-state index contributed by atoms with van der Waals surface area (Å²) in [5.41, 5.74) is 0.591. The Morgan fingerprint density at radius 3 is 2.48 bits per heavy atom. The molecule has 1 aromatic carbocycles. The molecule has 0 unspecified atom stereocenters. The second-order valence-corrected chi connectivity index (χ2v) is 8.19. The first-order valence-electron chi connectivity index (χ1n) is 8.60. The molecule has 7 nitrogen and oxygen atoms in total. The summed E-state index contributed by atoms with van der Waals surface area (Å²) >= 11 is 0. The average Bonchev–Trinajstić information content (AvgIpc) is 2.60. The molecule has 1 fully saturated rings. The molecule has 0 atom stereocenters. The Balaban J connectivity index is 1.93. The second kappa shape index (κ2) is 9.28. The van der Waals surface area contributed by atoms with E-state index in [1.54, 1.807) is 19.2 Å². The number of amides is 1. The van der Waals surface area contributed by atoms with Gasteiger partial charge in [-0.2, -0.15) is 0 Å². The number of hydrogen-bond acceptors (Lipinski definition) is 5. The van der Waals surface area contributed by atoms with Gasteiger partial charge in [-0.1, -0.05) is 13.3 Å². The largest absolute Gasteiger partial charge is 0.379 e. The molecule has 1 heterocycles. The summed E-state index contributed by atoms with van der Waals surface area (Å²) in [6.07, 6.45) is 1.76. The average molecular weight is 369 g/mol. The highest BCUT2D eigenvalue weighted by Crippen LogP contribution is 2.18. The number of anilines is 1. The zero-order valence-corrected chi connectivity index (χ0v) is 15.7. The first kappa shape index (κ1) is 19.8. The Labute approximate surface area is 150 Å². The topological polar surface area (TPSA) is 79.0 Å². The molecule has 25 heavy (non-hydrogen) atoms. The van der Waals surface area contributed by atoms with E-state index in [1.165, 1.54) is 16.4 Å². The van der Waals surface area contributed by atoms with Crippen molar-refractivity contribution in [2.75, 3.05) is 51.8 Å². The summed E-state index contributed by atoms with van der Waals surface area (Å²) in [6.45, 7) is 5.61. The molecule has 0 radical (unpaired) electrons. The predicted molar refractivity (Wildman–Crippen MR) is 97.1 cm³/mol. The summed E-state index contributed by atoms with van der Waals surface area (Å²) in [4.78, 5) is 14.3. The van der Waals surface area contributed by atoms with Gasteiger partial charge in [0.05, 0.1) is 24.7 Å². The number of rotatable bonds is 8. The van der Waals surface area contributed by atoms with E-state index in [0.717, 1.165) is 25.9 Å². The van der Waals surface area contributed by atoms with Crippen LogP contribution in [0.4, 0.5) is 5.69 Å². The molecule has 1 aromatic rings. The van der Waals surface area contributed by atoms with Crippen molar-refractivity contribution in [2.45, 2.75) is 24.7 Å². The molecule has 1 amide bonds. The summed E-state index contributed by atoms with van der Waals surface area (Å²) < 4.78 is 31.5. The lowest BCUT2D eigenvalue weighted by Crippen LogP contribution is -2.41. The number of sulfonamides is 1. The van der Waals surface area contributed by atoms with E-state index in [9.17, 15) is 13.2 Å². The van der Waals surface area contributed by atoms with Gasteiger partial charge in [-0.3, -0.25) is 9.69 Å². The van der Waals surface area contributed by atoms with Crippen LogP contribution >= 0.6 is 0 Å². The fourth-order valence-electron chi connectivity index (χ4n) is 2.55. The number of morpholine rings is 1. The monoisotopic (exact) mass is 369 g/mol. The quantitative estimate of drug-likeness (QED) is 0.749. The highest BCUT2D eigenvalue weighted by atomic mass is 32.2. The molecule has 1 aliphatic heterocycles. The number of ether oxygens (including phenoxy) is 1. The number of nitrogens with zero attached hydrogens (tertiary/aromatic N) is 2. The predicted octanol–water partition coefficient (Wildman–Crippen LogP) is 1.38. The Morgan fingerprint density at radius 1 is 1.24 bits per heavy atom. The van der Waals surface area contributed by atoms with Crippen LogP contribution in [0.3, 0.4) is 0 Å². The van der Waals surface area contributed by atoms with Crippen molar-refractivity contribution >= 4 is 21.6 Å². The SMILES string of the molecule is CCCCN(C)S(=O)(=O)c1ccc(NC(=O)CN2CCOCC2)cc1. The van der Waals surface area contributed by atoms with E-state index in [-0.39, 0.29) is 10.8 Å². The van der Waals surface area contributed by atoms with Crippen LogP contribution in [0.25, 0.3) is 0 Å². The molecule has 1 aliphatic rings. The van der Waals surface area contributed by atoms with Gasteiger partial charge in [0.15, 0.2) is 0 Å². The first-order valence-corrected chi connectivity index (χ1v) is 10.0. The fraction of sp³-hybridized carbons (Fsp3) is 0.588. The lowest BCUT2D eigenvalue weighted by molar-refractivity contribution is -0.118. The minimum atomic E-state index is -3.48. The zero-order chi connectivity index (χ0) is 18.3. The van der Waals surface area contributed by atoms with Crippen LogP contribution in [0.1, 0.15) is 19.8 Å². The van der Waals surface area contributed by atoms with Crippen molar-refractivity contribution in [3.63, 3.8) is 0 Å². The van der Waals surface area contributed by atoms with E-state index < -0.39 is 10.0 Å². The van der Waals surface area contributed by atoms with Crippen LogP contribution < -0.4 is 5.32 Å². The Bertz CT molecular complexity index is 655. The van der Waals surface area contributed by atoms with E-state index in [0.29, 0.717) is 32.0 Å². The van der Waals surface area contributed by atoms with Crippen LogP contribution in [-0.4, -0.2) is 70.0 Å². The van der Waals surface area contributed by atoms with E-state index in [4.69, 9.17) is 4.74 Å². The summed E-state index contributed by atoms with van der Waals surface area (Å²) in [5.74, 6) is -0.113. The van der Waals surface area contributed by atoms with Gasteiger partial charge in [0.25, 0.3) is 0 Å². The number of carbonyl (C=O) groups is 1. The molecule has 0 aromatic heterocycles. The highest BCUT2D eigenvalue weighted by Gasteiger charge is 2.20. The van der Waals surface area contributed by atoms with Gasteiger partial charge in [-0.15, -0.1) is 0 Å². The van der Waals surface area contributed by atoms with Crippen molar-refractivity contribution in [3.05, 3.63) is 24.3 Å². The number of nitrogens with one attached hydrogen (secondary N) is 1. The number of carbonyl (C=O) groups excluding carboxylic acids is 1. The van der Waals surface area contributed by atoms with Crippen LogP contribution in [0.15, 0.2) is 29.2 Å². The number of unbranched alkanes of at least 4 members (excludes halogenated alkanes) is 1. The van der Waals surface area contributed by atoms with Gasteiger partial charge in [0, 0.05) is 32.4 Å². The van der Waals surface area contributed by atoms with Crippen LogP contribution in [0.2, 0.25) is 0 Å². The van der Waals surface area contributed by atoms with Gasteiger partial charge in [0.2, 0.25) is 15.9 Å². The smallest absolute Gasteiger partial charge is 0.242 e. The van der Waals surface area contributed by atoms with Crippen molar-refractivity contribution in [1.82, 2.24) is 9.21 Å². The molecule has 0 bridgehead atoms. The molecule has 8 heteroatoms. The van der Waals surface area contributed by atoms with Crippen LogP contribution in [0, 0.1) is 0 Å². The third kappa shape index (κ3) is 5.78. The van der Waals surface area contributed by atoms with Crippen molar-refractivity contribution in [1.29, 1.82) is 0 Å². The van der Waals surface area contributed by atoms with Gasteiger partial charge in [-0.25, -0.2) is 12.7 Å². The molecule has 1 N–H and O–H groups in total. The summed E-state index contributed by atoms with van der Waals surface area (Å²) in [6, 6.07) is 6.31. The van der Waals surface area contributed by atoms with Crippen molar-refractivity contribution < 1.29 is 17.9 Å². The van der Waals surface area contributed by atoms with Crippen molar-refractivity contribution in [2.24, 2.45) is 0 Å². The second-order valence-electron chi connectivity index (χ2n) is 6.14. The maximum absolute atomic E-state index is 12.5. The molecule has 140 valence electrons. The summed E-state index contributed by atoms with van der Waals surface area (Å²) in [7, 11) is -1.89. The standard InChI is InChI=1S/C17H27N3O4S/c1-3-4-9-19(2)25(22,23)16-7-5-15(6-8-16)18-17(21)14-20-10-12-24-13-11-20/h5-8H,3-4,9-14H2,1-2H3,(H,18,21). The van der Waals surface area contributed by atoms with Crippen molar-refractivity contribution in [3.8, 4) is 0 Å². The van der Waals surface area contributed by atoms with Gasteiger partial charge in [-0.05, 0) is 30.7 Å². The van der Waals surface area contributed by atoms with Crippen LogP contribution in [-0.2, 0) is 19.6 Å². The normalized spacial score (nSPS) is 16.1. The molecule has 1 saturated heterocycles. The molecule has 2 rings (SSSR count). The van der Waals surface area contributed by atoms with Gasteiger partial charge < -0.3 is 10.1 Å². The molecule has 0 aliphatic carbocycles. The Morgan fingerprint density at radius 2 is 1.88 bits per heavy atom. The van der Waals surface area contributed by atoms with Gasteiger partial charge in [0.1, 0.15) is 0 Å². The maximum Gasteiger partial charge on any atom is 0.242 e.